The molecular weight excluding hydrogens is 148 g/mol. The molecule has 1 radical (unpaired) electrons. The van der Waals surface area contributed by atoms with Crippen LogP contribution in [0.2, 0.25) is 0 Å². The summed E-state index contributed by atoms with van der Waals surface area (Å²) in [6, 6.07) is 5.71. The van der Waals surface area contributed by atoms with Crippen LogP contribution in [0.1, 0.15) is 30.4 Å². The molecule has 0 saturated carbocycles. The summed E-state index contributed by atoms with van der Waals surface area (Å²) in [5.41, 5.74) is 2.72. The second kappa shape index (κ2) is 2.81. The van der Waals surface area contributed by atoms with Gasteiger partial charge in [0.1, 0.15) is 5.75 Å². The van der Waals surface area contributed by atoms with Crippen molar-refractivity contribution in [2.75, 3.05) is 0 Å². The molecule has 1 nitrogen and oxygen atoms in total. The van der Waals surface area contributed by atoms with E-state index in [1.807, 2.05) is 12.1 Å². The van der Waals surface area contributed by atoms with E-state index in [1.54, 1.807) is 6.07 Å². The fraction of sp³-hybridized carbons (Fsp3) is 0.364. The number of aromatic hydroxyl groups is 1. The standard InChI is InChI=1S/C11H13O/c1-2-8-3-4-9-5-6-10(12)7-11(8)9/h2,5-8,12H,3-4H2,1H3. The largest absolute Gasteiger partial charge is 0.508 e. The van der Waals surface area contributed by atoms with Gasteiger partial charge in [-0.25, -0.2) is 0 Å². The van der Waals surface area contributed by atoms with Crippen LogP contribution in [-0.4, -0.2) is 5.11 Å². The van der Waals surface area contributed by atoms with Gasteiger partial charge >= 0.3 is 0 Å². The number of aryl methyl sites for hydroxylation is 1. The summed E-state index contributed by atoms with van der Waals surface area (Å²) >= 11 is 0. The molecule has 1 unspecified atom stereocenters. The maximum Gasteiger partial charge on any atom is 0.115 e. The van der Waals surface area contributed by atoms with Crippen molar-refractivity contribution in [3.05, 3.63) is 35.7 Å². The predicted molar refractivity (Wildman–Crippen MR) is 49.1 cm³/mol. The average Bonchev–Trinajstić information content (AvgIpc) is 2.46. The maximum atomic E-state index is 9.30. The molecule has 1 aliphatic carbocycles. The molecule has 2 rings (SSSR count). The van der Waals surface area contributed by atoms with Crippen molar-refractivity contribution >= 4 is 0 Å². The minimum atomic E-state index is 0.391. The van der Waals surface area contributed by atoms with E-state index in [0.29, 0.717) is 11.7 Å². The van der Waals surface area contributed by atoms with Crippen molar-refractivity contribution in [1.29, 1.82) is 0 Å². The lowest BCUT2D eigenvalue weighted by atomic mass is 9.99. The quantitative estimate of drug-likeness (QED) is 0.671. The molecule has 0 heterocycles. The van der Waals surface area contributed by atoms with Crippen molar-refractivity contribution in [1.82, 2.24) is 0 Å². The van der Waals surface area contributed by atoms with Gasteiger partial charge in [0, 0.05) is 0 Å². The number of fused-ring (bicyclic) bond motifs is 1. The molecule has 0 aromatic heterocycles. The summed E-state index contributed by atoms with van der Waals surface area (Å²) in [5.74, 6) is 0.953. The topological polar surface area (TPSA) is 20.2 Å². The molecule has 0 fully saturated rings. The lowest BCUT2D eigenvalue weighted by Gasteiger charge is -2.07. The van der Waals surface area contributed by atoms with E-state index in [-0.39, 0.29) is 0 Å². The molecule has 63 valence electrons. The van der Waals surface area contributed by atoms with E-state index in [2.05, 4.69) is 13.3 Å². The Morgan fingerprint density at radius 3 is 3.08 bits per heavy atom. The number of hydrogen-bond acceptors (Lipinski definition) is 1. The Bertz CT molecular complexity index is 291. The smallest absolute Gasteiger partial charge is 0.115 e. The van der Waals surface area contributed by atoms with E-state index >= 15 is 0 Å². The minimum Gasteiger partial charge on any atom is -0.508 e. The molecule has 0 aliphatic heterocycles. The first-order valence-corrected chi connectivity index (χ1v) is 4.42. The second-order valence-corrected chi connectivity index (χ2v) is 3.36. The Morgan fingerprint density at radius 1 is 1.50 bits per heavy atom. The fourth-order valence-electron chi connectivity index (χ4n) is 1.97. The second-order valence-electron chi connectivity index (χ2n) is 3.36. The summed E-state index contributed by atoms with van der Waals surface area (Å²) < 4.78 is 0. The molecule has 1 N–H and O–H groups in total. The zero-order valence-electron chi connectivity index (χ0n) is 7.25. The zero-order chi connectivity index (χ0) is 8.55. The van der Waals surface area contributed by atoms with Crippen LogP contribution in [0.5, 0.6) is 5.75 Å². The van der Waals surface area contributed by atoms with Crippen molar-refractivity contribution in [3.8, 4) is 5.75 Å². The Hall–Kier alpha value is -0.980. The van der Waals surface area contributed by atoms with Gasteiger partial charge in [-0.15, -0.1) is 0 Å². The van der Waals surface area contributed by atoms with Gasteiger partial charge in [0.05, 0.1) is 0 Å². The third kappa shape index (κ3) is 1.09. The number of rotatable bonds is 1. The van der Waals surface area contributed by atoms with Gasteiger partial charge in [0.15, 0.2) is 0 Å². The first kappa shape index (κ1) is 7.66. The Morgan fingerprint density at radius 2 is 2.33 bits per heavy atom. The fourth-order valence-corrected chi connectivity index (χ4v) is 1.97. The van der Waals surface area contributed by atoms with Crippen molar-refractivity contribution < 1.29 is 5.11 Å². The van der Waals surface area contributed by atoms with Gasteiger partial charge < -0.3 is 5.11 Å². The van der Waals surface area contributed by atoms with Crippen LogP contribution >= 0.6 is 0 Å². The average molecular weight is 161 g/mol. The summed E-state index contributed by atoms with van der Waals surface area (Å²) in [6.45, 7) is 2.09. The van der Waals surface area contributed by atoms with E-state index in [0.717, 1.165) is 6.42 Å². The van der Waals surface area contributed by atoms with E-state index in [4.69, 9.17) is 0 Å². The van der Waals surface area contributed by atoms with Gasteiger partial charge in [-0.1, -0.05) is 13.0 Å². The molecule has 1 atom stereocenters. The molecular formula is C11H13O. The lowest BCUT2D eigenvalue weighted by molar-refractivity contribution is 0.474. The molecule has 1 aromatic carbocycles. The molecule has 1 aliphatic rings. The highest BCUT2D eigenvalue weighted by molar-refractivity contribution is 5.41. The van der Waals surface area contributed by atoms with Crippen LogP contribution in [0.25, 0.3) is 0 Å². The third-order valence-electron chi connectivity index (χ3n) is 2.66. The Labute approximate surface area is 73.0 Å². The van der Waals surface area contributed by atoms with E-state index in [9.17, 15) is 5.11 Å². The van der Waals surface area contributed by atoms with E-state index in [1.165, 1.54) is 17.5 Å². The SMILES string of the molecule is C[CH]C1CCc2ccc(O)cc21. The molecule has 0 spiro atoms. The first-order chi connectivity index (χ1) is 5.81. The maximum absolute atomic E-state index is 9.30. The summed E-state index contributed by atoms with van der Waals surface area (Å²) in [6.07, 6.45) is 4.57. The monoisotopic (exact) mass is 161 g/mol. The van der Waals surface area contributed by atoms with Crippen LogP contribution in [0.3, 0.4) is 0 Å². The number of phenols is 1. The van der Waals surface area contributed by atoms with Crippen LogP contribution in [-0.2, 0) is 6.42 Å². The molecule has 1 aromatic rings. The summed E-state index contributed by atoms with van der Waals surface area (Å²) in [7, 11) is 0. The highest BCUT2D eigenvalue weighted by Gasteiger charge is 2.20. The van der Waals surface area contributed by atoms with Gasteiger partial charge in [0.25, 0.3) is 0 Å². The number of phenolic OH excluding ortho intramolecular Hbond substituents is 1. The molecule has 1 heteroatoms. The Balaban J connectivity index is 2.42. The van der Waals surface area contributed by atoms with E-state index < -0.39 is 0 Å². The molecule has 0 saturated heterocycles. The van der Waals surface area contributed by atoms with Gasteiger partial charge in [-0.2, -0.15) is 0 Å². The van der Waals surface area contributed by atoms with Crippen molar-refractivity contribution in [3.63, 3.8) is 0 Å². The minimum absolute atomic E-state index is 0.391. The highest BCUT2D eigenvalue weighted by Crippen LogP contribution is 2.36. The third-order valence-corrected chi connectivity index (χ3v) is 2.66. The number of hydrogen-bond donors (Lipinski definition) is 1. The van der Waals surface area contributed by atoms with Gasteiger partial charge in [-0.3, -0.25) is 0 Å². The molecule has 0 amide bonds. The van der Waals surface area contributed by atoms with Crippen LogP contribution in [0.15, 0.2) is 18.2 Å². The first-order valence-electron chi connectivity index (χ1n) is 4.42. The summed E-state index contributed by atoms with van der Waals surface area (Å²) in [4.78, 5) is 0. The zero-order valence-corrected chi connectivity index (χ0v) is 7.25. The summed E-state index contributed by atoms with van der Waals surface area (Å²) in [5, 5.41) is 9.30. The highest BCUT2D eigenvalue weighted by atomic mass is 16.3. The lowest BCUT2D eigenvalue weighted by Crippen LogP contribution is -1.90. The predicted octanol–water partition coefficient (Wildman–Crippen LogP) is 2.65. The van der Waals surface area contributed by atoms with Crippen LogP contribution in [0.4, 0.5) is 0 Å². The van der Waals surface area contributed by atoms with Crippen molar-refractivity contribution in [2.24, 2.45) is 0 Å². The van der Waals surface area contributed by atoms with Crippen molar-refractivity contribution in [2.45, 2.75) is 25.7 Å². The normalized spacial score (nSPS) is 20.9. The number of benzene rings is 1. The van der Waals surface area contributed by atoms with Gasteiger partial charge in [0.2, 0.25) is 0 Å². The van der Waals surface area contributed by atoms with Crippen LogP contribution < -0.4 is 0 Å². The van der Waals surface area contributed by atoms with Crippen LogP contribution in [0, 0.1) is 6.42 Å². The molecule has 12 heavy (non-hydrogen) atoms. The van der Waals surface area contributed by atoms with Gasteiger partial charge in [-0.05, 0) is 48.4 Å². The Kier molecular flexibility index (Phi) is 1.80. The molecule has 0 bridgehead atoms.